The van der Waals surface area contributed by atoms with Gasteiger partial charge in [-0.05, 0) is 6.42 Å². The van der Waals surface area contributed by atoms with E-state index in [0.29, 0.717) is 6.04 Å². The number of rotatable bonds is 0. The van der Waals surface area contributed by atoms with Crippen molar-refractivity contribution in [1.29, 1.82) is 0 Å². The molecular formula is C6H10NO. The van der Waals surface area contributed by atoms with Crippen LogP contribution >= 0.6 is 0 Å². The number of nitrogens with one attached hydrogen (secondary N) is 1. The van der Waals surface area contributed by atoms with Crippen LogP contribution in [0.5, 0.6) is 0 Å². The molecule has 0 spiro atoms. The smallest absolute Gasteiger partial charge is 0.0620 e. The molecule has 1 N–H and O–H groups in total. The molecule has 2 aliphatic rings. The largest absolute Gasteiger partial charge is 0.379 e. The zero-order chi connectivity index (χ0) is 5.40. The zero-order valence-electron chi connectivity index (χ0n) is 4.81. The number of fused-ring (bicyclic) bond motifs is 2. The maximum absolute atomic E-state index is 5.26. The second-order valence-corrected chi connectivity index (χ2v) is 2.55. The average molecular weight is 112 g/mol. The summed E-state index contributed by atoms with van der Waals surface area (Å²) in [6, 6.07) is 0.652. The summed E-state index contributed by atoms with van der Waals surface area (Å²) < 4.78 is 5.26. The van der Waals surface area contributed by atoms with Crippen molar-refractivity contribution in [3.8, 4) is 0 Å². The van der Waals surface area contributed by atoms with Gasteiger partial charge >= 0.3 is 0 Å². The molecule has 0 aromatic heterocycles. The third kappa shape index (κ3) is 0.644. The summed E-state index contributed by atoms with van der Waals surface area (Å²) in [7, 11) is 0. The molecule has 1 radical (unpaired) electrons. The second-order valence-electron chi connectivity index (χ2n) is 2.55. The number of ether oxygens (including phenoxy) is 1. The second kappa shape index (κ2) is 1.71. The van der Waals surface area contributed by atoms with Crippen LogP contribution in [0.15, 0.2) is 0 Å². The minimum atomic E-state index is 0.652. The van der Waals surface area contributed by atoms with E-state index in [1.807, 2.05) is 0 Å². The summed E-state index contributed by atoms with van der Waals surface area (Å²) in [5.74, 6) is 1.54. The summed E-state index contributed by atoms with van der Waals surface area (Å²) in [6.45, 7) is 2.93. The lowest BCUT2D eigenvalue weighted by atomic mass is 10.1. The normalized spacial score (nSPS) is 38.2. The Morgan fingerprint density at radius 1 is 1.62 bits per heavy atom. The summed E-state index contributed by atoms with van der Waals surface area (Å²) in [4.78, 5) is 0. The van der Waals surface area contributed by atoms with Gasteiger partial charge in [0.2, 0.25) is 0 Å². The Hall–Kier alpha value is -0.0800. The van der Waals surface area contributed by atoms with Gasteiger partial charge in [-0.25, -0.2) is 0 Å². The quantitative estimate of drug-likeness (QED) is 0.474. The van der Waals surface area contributed by atoms with Gasteiger partial charge in [-0.1, -0.05) is 0 Å². The molecule has 1 unspecified atom stereocenters. The third-order valence-electron chi connectivity index (χ3n) is 1.80. The van der Waals surface area contributed by atoms with Crippen molar-refractivity contribution in [1.82, 2.24) is 5.32 Å². The minimum absolute atomic E-state index is 0.652. The molecule has 2 heteroatoms. The van der Waals surface area contributed by atoms with E-state index >= 15 is 0 Å². The van der Waals surface area contributed by atoms with Crippen molar-refractivity contribution in [3.05, 3.63) is 5.92 Å². The molecule has 2 heterocycles. The van der Waals surface area contributed by atoms with Gasteiger partial charge in [0.15, 0.2) is 0 Å². The molecule has 2 aliphatic heterocycles. The number of hydrogen-bond acceptors (Lipinski definition) is 2. The summed E-state index contributed by atoms with van der Waals surface area (Å²) in [5, 5.41) is 3.36. The Labute approximate surface area is 49.2 Å². The standard InChI is InChI=1S/C6H10NO/c1-5-2-7-6(1)4-8-3-5/h6-7H,1-4H2. The molecule has 2 saturated heterocycles. The van der Waals surface area contributed by atoms with Gasteiger partial charge in [0.25, 0.3) is 0 Å². The van der Waals surface area contributed by atoms with Crippen LogP contribution in [-0.4, -0.2) is 25.8 Å². The Morgan fingerprint density at radius 2 is 2.62 bits per heavy atom. The van der Waals surface area contributed by atoms with Gasteiger partial charge in [0, 0.05) is 18.5 Å². The molecule has 0 saturated carbocycles. The molecule has 0 aromatic carbocycles. The third-order valence-corrected chi connectivity index (χ3v) is 1.80. The Balaban J connectivity index is 2.03. The number of hydrogen-bond donors (Lipinski definition) is 1. The van der Waals surface area contributed by atoms with Crippen LogP contribution in [0.2, 0.25) is 0 Å². The lowest BCUT2D eigenvalue weighted by Gasteiger charge is -2.16. The molecule has 1 atom stereocenters. The molecule has 2 fully saturated rings. The highest BCUT2D eigenvalue weighted by atomic mass is 16.5. The van der Waals surface area contributed by atoms with E-state index in [0.717, 1.165) is 19.8 Å². The molecular weight excluding hydrogens is 102 g/mol. The lowest BCUT2D eigenvalue weighted by molar-refractivity contribution is 0.110. The monoisotopic (exact) mass is 112 g/mol. The highest BCUT2D eigenvalue weighted by molar-refractivity contribution is 5.05. The first kappa shape index (κ1) is 4.77. The molecule has 0 aromatic rings. The van der Waals surface area contributed by atoms with Crippen molar-refractivity contribution >= 4 is 0 Å². The van der Waals surface area contributed by atoms with Gasteiger partial charge in [-0.2, -0.15) is 0 Å². The SMILES string of the molecule is C1NC2COC[C]1C2. The van der Waals surface area contributed by atoms with E-state index in [-0.39, 0.29) is 0 Å². The van der Waals surface area contributed by atoms with E-state index in [9.17, 15) is 0 Å². The molecule has 2 nitrogen and oxygen atoms in total. The Morgan fingerprint density at radius 3 is 3.38 bits per heavy atom. The Bertz CT molecular complexity index is 80.5. The maximum Gasteiger partial charge on any atom is 0.0620 e. The van der Waals surface area contributed by atoms with E-state index in [4.69, 9.17) is 4.74 Å². The van der Waals surface area contributed by atoms with E-state index in [2.05, 4.69) is 5.32 Å². The molecule has 8 heavy (non-hydrogen) atoms. The van der Waals surface area contributed by atoms with Crippen molar-refractivity contribution in [2.24, 2.45) is 0 Å². The first-order valence-corrected chi connectivity index (χ1v) is 3.10. The fourth-order valence-corrected chi connectivity index (χ4v) is 1.35. The summed E-state index contributed by atoms with van der Waals surface area (Å²) >= 11 is 0. The van der Waals surface area contributed by atoms with Gasteiger partial charge in [0.1, 0.15) is 0 Å². The van der Waals surface area contributed by atoms with Gasteiger partial charge in [0.05, 0.1) is 13.2 Å². The predicted octanol–water partition coefficient (Wildman–Crippen LogP) is -0.0470. The van der Waals surface area contributed by atoms with Crippen LogP contribution in [-0.2, 0) is 4.74 Å². The van der Waals surface area contributed by atoms with E-state index in [1.54, 1.807) is 5.92 Å². The van der Waals surface area contributed by atoms with Crippen LogP contribution < -0.4 is 5.32 Å². The highest BCUT2D eigenvalue weighted by Gasteiger charge is 2.28. The Kier molecular flexibility index (Phi) is 1.02. The zero-order valence-corrected chi connectivity index (χ0v) is 4.81. The van der Waals surface area contributed by atoms with E-state index < -0.39 is 0 Å². The molecule has 2 bridgehead atoms. The summed E-state index contributed by atoms with van der Waals surface area (Å²) in [6.07, 6.45) is 1.26. The topological polar surface area (TPSA) is 21.3 Å². The van der Waals surface area contributed by atoms with E-state index in [1.165, 1.54) is 6.42 Å². The molecule has 2 rings (SSSR count). The van der Waals surface area contributed by atoms with Crippen LogP contribution in [0.1, 0.15) is 6.42 Å². The fourth-order valence-electron chi connectivity index (χ4n) is 1.35. The first-order chi connectivity index (χ1) is 3.95. The molecule has 0 amide bonds. The first-order valence-electron chi connectivity index (χ1n) is 3.10. The highest BCUT2D eigenvalue weighted by Crippen LogP contribution is 2.20. The fraction of sp³-hybridized carbons (Fsp3) is 0.833. The van der Waals surface area contributed by atoms with Crippen LogP contribution in [0, 0.1) is 5.92 Å². The molecule has 45 valence electrons. The van der Waals surface area contributed by atoms with Crippen molar-refractivity contribution < 1.29 is 4.74 Å². The van der Waals surface area contributed by atoms with Crippen LogP contribution in [0.25, 0.3) is 0 Å². The predicted molar refractivity (Wildman–Crippen MR) is 30.5 cm³/mol. The lowest BCUT2D eigenvalue weighted by Crippen LogP contribution is -2.27. The van der Waals surface area contributed by atoms with Crippen LogP contribution in [0.3, 0.4) is 0 Å². The van der Waals surface area contributed by atoms with Crippen LogP contribution in [0.4, 0.5) is 0 Å². The van der Waals surface area contributed by atoms with Gasteiger partial charge in [-0.3, -0.25) is 0 Å². The van der Waals surface area contributed by atoms with Crippen molar-refractivity contribution in [2.45, 2.75) is 12.5 Å². The van der Waals surface area contributed by atoms with Gasteiger partial charge in [-0.15, -0.1) is 0 Å². The van der Waals surface area contributed by atoms with Gasteiger partial charge < -0.3 is 10.1 Å². The average Bonchev–Trinajstić information content (AvgIpc) is 2.12. The maximum atomic E-state index is 5.26. The molecule has 0 aliphatic carbocycles. The minimum Gasteiger partial charge on any atom is -0.379 e. The summed E-state index contributed by atoms with van der Waals surface area (Å²) in [5.41, 5.74) is 0. The van der Waals surface area contributed by atoms with Crippen molar-refractivity contribution in [3.63, 3.8) is 0 Å². The van der Waals surface area contributed by atoms with Crippen molar-refractivity contribution in [2.75, 3.05) is 19.8 Å².